The normalized spacial score (nSPS) is 15.0. The number of nitrogens with zero attached hydrogens (tertiary/aromatic N) is 1. The Morgan fingerprint density at radius 3 is 2.54 bits per heavy atom. The van der Waals surface area contributed by atoms with Gasteiger partial charge in [0.25, 0.3) is 5.91 Å². The maximum Gasteiger partial charge on any atom is 0.272 e. The second kappa shape index (κ2) is 7.58. The molecule has 1 amide bonds. The predicted octanol–water partition coefficient (Wildman–Crippen LogP) is 4.97. The molecular weight excluding hydrogens is 350 g/mol. The minimum atomic E-state index is -0.132. The van der Waals surface area contributed by atoms with Crippen molar-refractivity contribution in [3.63, 3.8) is 0 Å². The van der Waals surface area contributed by atoms with Crippen molar-refractivity contribution in [2.75, 3.05) is 30.4 Å². The average Bonchev–Trinajstić information content (AvgIpc) is 3.05. The summed E-state index contributed by atoms with van der Waals surface area (Å²) in [5.74, 6) is 1.46. The fourth-order valence-corrected chi connectivity index (χ4v) is 3.88. The Labute approximate surface area is 165 Å². The van der Waals surface area contributed by atoms with Gasteiger partial charge in [0, 0.05) is 35.4 Å². The minimum absolute atomic E-state index is 0.132. The number of rotatable bonds is 4. The van der Waals surface area contributed by atoms with E-state index in [4.69, 9.17) is 4.74 Å². The first-order chi connectivity index (χ1) is 13.5. The SMILES string of the molecule is COc1ccc2[nH]c(C(=O)Nc3ccc(N4CCC(C)CC4)cc3)c(C)c2c1. The van der Waals surface area contributed by atoms with Gasteiger partial charge in [-0.15, -0.1) is 0 Å². The molecule has 3 aromatic rings. The van der Waals surface area contributed by atoms with E-state index in [0.29, 0.717) is 5.69 Å². The highest BCUT2D eigenvalue weighted by Crippen LogP contribution is 2.27. The van der Waals surface area contributed by atoms with E-state index in [1.54, 1.807) is 7.11 Å². The highest BCUT2D eigenvalue weighted by atomic mass is 16.5. The van der Waals surface area contributed by atoms with Gasteiger partial charge in [-0.25, -0.2) is 0 Å². The van der Waals surface area contributed by atoms with Crippen LogP contribution in [0.5, 0.6) is 5.75 Å². The van der Waals surface area contributed by atoms with Gasteiger partial charge in [0.2, 0.25) is 0 Å². The van der Waals surface area contributed by atoms with Crippen LogP contribution < -0.4 is 15.0 Å². The van der Waals surface area contributed by atoms with Gasteiger partial charge in [0.15, 0.2) is 0 Å². The maximum absolute atomic E-state index is 12.8. The number of fused-ring (bicyclic) bond motifs is 1. The summed E-state index contributed by atoms with van der Waals surface area (Å²) in [5.41, 5.74) is 4.45. The molecule has 2 N–H and O–H groups in total. The molecule has 146 valence electrons. The quantitative estimate of drug-likeness (QED) is 0.675. The molecule has 1 fully saturated rings. The van der Waals surface area contributed by atoms with E-state index in [2.05, 4.69) is 34.3 Å². The summed E-state index contributed by atoms with van der Waals surface area (Å²) in [6.07, 6.45) is 2.48. The summed E-state index contributed by atoms with van der Waals surface area (Å²) in [4.78, 5) is 18.4. The molecule has 2 heterocycles. The molecule has 0 radical (unpaired) electrons. The molecule has 4 rings (SSSR count). The molecule has 0 unspecified atom stereocenters. The van der Waals surface area contributed by atoms with E-state index in [0.717, 1.165) is 46.9 Å². The molecule has 0 aliphatic carbocycles. The van der Waals surface area contributed by atoms with Crippen molar-refractivity contribution in [2.24, 2.45) is 5.92 Å². The zero-order valence-electron chi connectivity index (χ0n) is 16.7. The van der Waals surface area contributed by atoms with Crippen LogP contribution in [0.1, 0.15) is 35.8 Å². The molecule has 1 aliphatic rings. The van der Waals surface area contributed by atoms with Crippen LogP contribution in [-0.2, 0) is 0 Å². The van der Waals surface area contributed by atoms with E-state index in [9.17, 15) is 4.79 Å². The molecule has 1 saturated heterocycles. The highest BCUT2D eigenvalue weighted by molar-refractivity contribution is 6.08. The number of aromatic amines is 1. The lowest BCUT2D eigenvalue weighted by Crippen LogP contribution is -2.32. The third-order valence-corrected chi connectivity index (χ3v) is 5.77. The van der Waals surface area contributed by atoms with Crippen LogP contribution in [-0.4, -0.2) is 31.1 Å². The van der Waals surface area contributed by atoms with Gasteiger partial charge in [-0.3, -0.25) is 4.79 Å². The summed E-state index contributed by atoms with van der Waals surface area (Å²) in [6, 6.07) is 13.9. The zero-order valence-corrected chi connectivity index (χ0v) is 16.7. The number of piperidine rings is 1. The predicted molar refractivity (Wildman–Crippen MR) is 115 cm³/mol. The van der Waals surface area contributed by atoms with Crippen LogP contribution in [0.3, 0.4) is 0 Å². The number of ether oxygens (including phenoxy) is 1. The van der Waals surface area contributed by atoms with Crippen molar-refractivity contribution in [3.8, 4) is 5.75 Å². The van der Waals surface area contributed by atoms with Crippen LogP contribution in [0.4, 0.5) is 11.4 Å². The first-order valence-electron chi connectivity index (χ1n) is 9.88. The number of carbonyl (C=O) groups is 1. The molecule has 5 nitrogen and oxygen atoms in total. The monoisotopic (exact) mass is 377 g/mol. The number of methoxy groups -OCH3 is 1. The lowest BCUT2D eigenvalue weighted by atomic mass is 9.99. The smallest absolute Gasteiger partial charge is 0.272 e. The van der Waals surface area contributed by atoms with Crippen LogP contribution in [0.2, 0.25) is 0 Å². The lowest BCUT2D eigenvalue weighted by Gasteiger charge is -2.32. The Balaban J connectivity index is 1.49. The topological polar surface area (TPSA) is 57.4 Å². The Kier molecular flexibility index (Phi) is 4.99. The van der Waals surface area contributed by atoms with E-state index in [1.165, 1.54) is 18.5 Å². The fourth-order valence-electron chi connectivity index (χ4n) is 3.88. The first-order valence-corrected chi connectivity index (χ1v) is 9.88. The van der Waals surface area contributed by atoms with Gasteiger partial charge in [0.05, 0.1) is 7.11 Å². The van der Waals surface area contributed by atoms with Crippen LogP contribution in [0.25, 0.3) is 10.9 Å². The summed E-state index contributed by atoms with van der Waals surface area (Å²) >= 11 is 0. The number of carbonyl (C=O) groups excluding carboxylic acids is 1. The third kappa shape index (κ3) is 3.57. The lowest BCUT2D eigenvalue weighted by molar-refractivity contribution is 0.102. The Morgan fingerprint density at radius 2 is 1.86 bits per heavy atom. The maximum atomic E-state index is 12.8. The standard InChI is InChI=1S/C23H27N3O2/c1-15-10-12-26(13-11-15)18-6-4-17(5-7-18)24-23(27)22-16(2)20-14-19(28-3)8-9-21(20)25-22/h4-9,14-15,25H,10-13H2,1-3H3,(H,24,27). The largest absolute Gasteiger partial charge is 0.497 e. The Hall–Kier alpha value is -2.95. The van der Waals surface area contributed by atoms with Crippen molar-refractivity contribution in [1.29, 1.82) is 0 Å². The molecular formula is C23H27N3O2. The minimum Gasteiger partial charge on any atom is -0.497 e. The number of benzene rings is 2. The second-order valence-electron chi connectivity index (χ2n) is 7.71. The molecule has 1 aromatic heterocycles. The number of hydrogen-bond acceptors (Lipinski definition) is 3. The van der Waals surface area contributed by atoms with Crippen molar-refractivity contribution in [1.82, 2.24) is 4.98 Å². The van der Waals surface area contributed by atoms with E-state index in [-0.39, 0.29) is 5.91 Å². The number of nitrogens with one attached hydrogen (secondary N) is 2. The number of aryl methyl sites for hydroxylation is 1. The Morgan fingerprint density at radius 1 is 1.14 bits per heavy atom. The molecule has 0 bridgehead atoms. The third-order valence-electron chi connectivity index (χ3n) is 5.77. The van der Waals surface area contributed by atoms with Gasteiger partial charge in [-0.2, -0.15) is 0 Å². The number of amides is 1. The first kappa shape index (κ1) is 18.4. The zero-order chi connectivity index (χ0) is 19.7. The number of hydrogen-bond donors (Lipinski definition) is 2. The fraction of sp³-hybridized carbons (Fsp3) is 0.348. The number of H-pyrrole nitrogens is 1. The van der Waals surface area contributed by atoms with E-state index in [1.807, 2.05) is 37.3 Å². The van der Waals surface area contributed by atoms with Crippen molar-refractivity contribution in [2.45, 2.75) is 26.7 Å². The molecule has 2 aromatic carbocycles. The van der Waals surface area contributed by atoms with Crippen molar-refractivity contribution >= 4 is 28.2 Å². The molecule has 1 aliphatic heterocycles. The molecule has 0 atom stereocenters. The van der Waals surface area contributed by atoms with Gasteiger partial charge >= 0.3 is 0 Å². The van der Waals surface area contributed by atoms with Crippen molar-refractivity contribution < 1.29 is 9.53 Å². The molecule has 28 heavy (non-hydrogen) atoms. The van der Waals surface area contributed by atoms with Gasteiger partial charge in [-0.05, 0) is 73.7 Å². The highest BCUT2D eigenvalue weighted by Gasteiger charge is 2.17. The Bertz CT molecular complexity index is 983. The van der Waals surface area contributed by atoms with Crippen LogP contribution in [0, 0.1) is 12.8 Å². The summed E-state index contributed by atoms with van der Waals surface area (Å²) in [5, 5.41) is 4.01. The summed E-state index contributed by atoms with van der Waals surface area (Å²) in [7, 11) is 1.64. The van der Waals surface area contributed by atoms with Crippen LogP contribution in [0.15, 0.2) is 42.5 Å². The van der Waals surface area contributed by atoms with Gasteiger partial charge < -0.3 is 19.9 Å². The molecule has 5 heteroatoms. The average molecular weight is 377 g/mol. The van der Waals surface area contributed by atoms with Crippen molar-refractivity contribution in [3.05, 3.63) is 53.7 Å². The summed E-state index contributed by atoms with van der Waals surface area (Å²) in [6.45, 7) is 6.47. The molecule has 0 saturated carbocycles. The van der Waals surface area contributed by atoms with Gasteiger partial charge in [-0.1, -0.05) is 6.92 Å². The number of aromatic nitrogens is 1. The van der Waals surface area contributed by atoms with Crippen LogP contribution >= 0.6 is 0 Å². The number of anilines is 2. The van der Waals surface area contributed by atoms with Gasteiger partial charge in [0.1, 0.15) is 11.4 Å². The molecule has 0 spiro atoms. The van der Waals surface area contributed by atoms with E-state index < -0.39 is 0 Å². The van der Waals surface area contributed by atoms with E-state index >= 15 is 0 Å². The summed E-state index contributed by atoms with van der Waals surface area (Å²) < 4.78 is 5.29. The second-order valence-corrected chi connectivity index (χ2v) is 7.71.